The Labute approximate surface area is 226 Å². The number of rotatable bonds is 17. The minimum absolute atomic E-state index is 0.0358. The van der Waals surface area contributed by atoms with Gasteiger partial charge < -0.3 is 43.4 Å². The second-order valence-electron chi connectivity index (χ2n) is 9.32. The van der Waals surface area contributed by atoms with Gasteiger partial charge in [-0.05, 0) is 42.9 Å². The molecule has 0 aliphatic carbocycles. The molecule has 0 aromatic heterocycles. The van der Waals surface area contributed by atoms with Crippen molar-refractivity contribution in [2.45, 2.75) is 76.5 Å². The molecule has 0 aliphatic heterocycles. The van der Waals surface area contributed by atoms with Crippen molar-refractivity contribution in [1.82, 2.24) is 16.0 Å². The van der Waals surface area contributed by atoms with Gasteiger partial charge in [0.25, 0.3) is 0 Å². The van der Waals surface area contributed by atoms with Crippen LogP contribution < -0.4 is 33.2 Å². The van der Waals surface area contributed by atoms with Gasteiger partial charge in [-0.2, -0.15) is 0 Å². The second kappa shape index (κ2) is 15.9. The summed E-state index contributed by atoms with van der Waals surface area (Å²) in [6.45, 7) is 3.38. The highest BCUT2D eigenvalue weighted by molar-refractivity contribution is 5.94. The third-order valence-corrected chi connectivity index (χ3v) is 6.13. The molecule has 0 heterocycles. The lowest BCUT2D eigenvalue weighted by molar-refractivity contribution is -0.144. The zero-order valence-corrected chi connectivity index (χ0v) is 22.0. The van der Waals surface area contributed by atoms with Gasteiger partial charge in [-0.15, -0.1) is 0 Å². The fourth-order valence-electron chi connectivity index (χ4n) is 3.58. The molecular formula is C25H38N6O8. The lowest BCUT2D eigenvalue weighted by Crippen LogP contribution is -2.58. The summed E-state index contributed by atoms with van der Waals surface area (Å²) in [5.74, 6) is -5.62. The largest absolute Gasteiger partial charge is 0.508 e. The van der Waals surface area contributed by atoms with Crippen LogP contribution >= 0.6 is 0 Å². The van der Waals surface area contributed by atoms with Crippen LogP contribution in [-0.4, -0.2) is 69.9 Å². The molecule has 0 fully saturated rings. The molecule has 0 aliphatic rings. The Morgan fingerprint density at radius 2 is 1.28 bits per heavy atom. The third-order valence-electron chi connectivity index (χ3n) is 6.13. The van der Waals surface area contributed by atoms with E-state index in [9.17, 15) is 39.0 Å². The average molecular weight is 551 g/mol. The summed E-state index contributed by atoms with van der Waals surface area (Å²) in [6.07, 6.45) is -0.508. The molecule has 0 bridgehead atoms. The maximum atomic E-state index is 13.1. The number of benzene rings is 1. The van der Waals surface area contributed by atoms with Gasteiger partial charge in [0.1, 0.15) is 23.9 Å². The number of carbonyl (C=O) groups excluding carboxylic acids is 5. The molecule has 0 radical (unpaired) electrons. The zero-order chi connectivity index (χ0) is 29.7. The van der Waals surface area contributed by atoms with E-state index in [-0.39, 0.29) is 37.9 Å². The minimum atomic E-state index is -1.37. The SMILES string of the molecule is CCC(C)C(NC(=O)C(CCC(N)=O)NC(=O)C(CCC(N)=O)NC(=O)C(N)Cc1ccc(O)cc1)C(=O)O. The number of amides is 5. The molecule has 14 nitrogen and oxygen atoms in total. The molecule has 5 amide bonds. The number of nitrogens with two attached hydrogens (primary N) is 3. The van der Waals surface area contributed by atoms with Crippen LogP contribution in [0, 0.1) is 5.92 Å². The maximum Gasteiger partial charge on any atom is 0.326 e. The van der Waals surface area contributed by atoms with E-state index >= 15 is 0 Å². The molecule has 14 heteroatoms. The molecule has 5 atom stereocenters. The van der Waals surface area contributed by atoms with Gasteiger partial charge in [-0.25, -0.2) is 4.79 Å². The Kier molecular flexibility index (Phi) is 13.4. The van der Waals surface area contributed by atoms with E-state index in [1.165, 1.54) is 12.1 Å². The predicted molar refractivity (Wildman–Crippen MR) is 140 cm³/mol. The second-order valence-corrected chi connectivity index (χ2v) is 9.32. The minimum Gasteiger partial charge on any atom is -0.508 e. The molecule has 1 aromatic rings. The normalized spacial score (nSPS) is 14.6. The van der Waals surface area contributed by atoms with Gasteiger partial charge in [0, 0.05) is 12.8 Å². The fourth-order valence-corrected chi connectivity index (χ4v) is 3.58. The molecule has 11 N–H and O–H groups in total. The van der Waals surface area contributed by atoms with Crippen molar-refractivity contribution in [3.05, 3.63) is 29.8 Å². The van der Waals surface area contributed by atoms with Crippen molar-refractivity contribution in [1.29, 1.82) is 0 Å². The number of carbonyl (C=O) groups is 6. The van der Waals surface area contributed by atoms with Crippen LogP contribution in [0.15, 0.2) is 24.3 Å². The molecule has 0 saturated heterocycles. The predicted octanol–water partition coefficient (Wildman–Crippen LogP) is -1.62. The number of carboxylic acids is 1. The van der Waals surface area contributed by atoms with Crippen LogP contribution in [0.4, 0.5) is 0 Å². The molecule has 1 aromatic carbocycles. The first-order valence-corrected chi connectivity index (χ1v) is 12.5. The van der Waals surface area contributed by atoms with Crippen LogP contribution in [0.3, 0.4) is 0 Å². The van der Waals surface area contributed by atoms with Crippen LogP contribution in [-0.2, 0) is 35.2 Å². The number of aliphatic carboxylic acids is 1. The molecular weight excluding hydrogens is 512 g/mol. The number of hydrogen-bond donors (Lipinski definition) is 8. The Hall–Kier alpha value is -4.20. The molecule has 5 unspecified atom stereocenters. The molecule has 1 rings (SSSR count). The monoisotopic (exact) mass is 550 g/mol. The van der Waals surface area contributed by atoms with E-state index in [4.69, 9.17) is 17.2 Å². The summed E-state index contributed by atoms with van der Waals surface area (Å²) in [5, 5.41) is 26.1. The quantitative estimate of drug-likeness (QED) is 0.111. The first-order chi connectivity index (χ1) is 18.2. The Morgan fingerprint density at radius 1 is 0.821 bits per heavy atom. The maximum absolute atomic E-state index is 13.1. The van der Waals surface area contributed by atoms with Crippen molar-refractivity contribution in [2.24, 2.45) is 23.1 Å². The summed E-state index contributed by atoms with van der Waals surface area (Å²) in [5.41, 5.74) is 17.0. The summed E-state index contributed by atoms with van der Waals surface area (Å²) in [7, 11) is 0. The van der Waals surface area contributed by atoms with Gasteiger partial charge in [0.2, 0.25) is 29.5 Å². The van der Waals surface area contributed by atoms with Crippen molar-refractivity contribution in [3.8, 4) is 5.75 Å². The number of phenols is 1. The topological polar surface area (TPSA) is 257 Å². The van der Waals surface area contributed by atoms with E-state index in [1.807, 2.05) is 0 Å². The summed E-state index contributed by atoms with van der Waals surface area (Å²) >= 11 is 0. The average Bonchev–Trinajstić information content (AvgIpc) is 2.87. The van der Waals surface area contributed by atoms with Gasteiger partial charge >= 0.3 is 5.97 Å². The highest BCUT2D eigenvalue weighted by Crippen LogP contribution is 2.12. The molecule has 216 valence electrons. The summed E-state index contributed by atoms with van der Waals surface area (Å²) in [6, 6.07) is 0.960. The molecule has 0 saturated carbocycles. The van der Waals surface area contributed by atoms with Crippen molar-refractivity contribution < 1.29 is 39.0 Å². The summed E-state index contributed by atoms with van der Waals surface area (Å²) < 4.78 is 0. The van der Waals surface area contributed by atoms with E-state index in [0.29, 0.717) is 12.0 Å². The number of hydrogen-bond acceptors (Lipinski definition) is 8. The van der Waals surface area contributed by atoms with Crippen LogP contribution in [0.25, 0.3) is 0 Å². The summed E-state index contributed by atoms with van der Waals surface area (Å²) in [4.78, 5) is 73.2. The van der Waals surface area contributed by atoms with Crippen molar-refractivity contribution in [2.75, 3.05) is 0 Å². The molecule has 0 spiro atoms. The highest BCUT2D eigenvalue weighted by Gasteiger charge is 2.32. The number of nitrogens with one attached hydrogen (secondary N) is 3. The van der Waals surface area contributed by atoms with Gasteiger partial charge in [-0.3, -0.25) is 24.0 Å². The van der Waals surface area contributed by atoms with Gasteiger partial charge in [0.05, 0.1) is 6.04 Å². The first-order valence-electron chi connectivity index (χ1n) is 12.5. The number of phenolic OH excluding ortho intramolecular Hbond substituents is 1. The molecule has 39 heavy (non-hydrogen) atoms. The van der Waals surface area contributed by atoms with E-state index in [0.717, 1.165) is 0 Å². The zero-order valence-electron chi connectivity index (χ0n) is 22.0. The van der Waals surface area contributed by atoms with Gasteiger partial charge in [0.15, 0.2) is 0 Å². The van der Waals surface area contributed by atoms with E-state index < -0.39 is 65.6 Å². The van der Waals surface area contributed by atoms with Crippen molar-refractivity contribution >= 4 is 35.5 Å². The van der Waals surface area contributed by atoms with Gasteiger partial charge in [-0.1, -0.05) is 32.4 Å². The Balaban J connectivity index is 3.05. The Bertz CT molecular complexity index is 1030. The number of aromatic hydroxyl groups is 1. The fraction of sp³-hybridized carbons (Fsp3) is 0.520. The lowest BCUT2D eigenvalue weighted by Gasteiger charge is -2.26. The lowest BCUT2D eigenvalue weighted by atomic mass is 9.98. The Morgan fingerprint density at radius 3 is 1.72 bits per heavy atom. The van der Waals surface area contributed by atoms with Crippen LogP contribution in [0.5, 0.6) is 5.75 Å². The standard InChI is InChI=1S/C25H38N6O8/c1-3-13(2)21(25(38)39)31-24(37)18(9-11-20(28)34)30-23(36)17(8-10-19(27)33)29-22(35)16(26)12-14-4-6-15(32)7-5-14/h4-7,13,16-18,21,32H,3,8-12,26H2,1-2H3,(H2,27,33)(H2,28,34)(H,29,35)(H,30,36)(H,31,37)(H,38,39). The highest BCUT2D eigenvalue weighted by atomic mass is 16.4. The van der Waals surface area contributed by atoms with E-state index in [2.05, 4.69) is 16.0 Å². The van der Waals surface area contributed by atoms with Crippen LogP contribution in [0.1, 0.15) is 51.5 Å². The number of primary amides is 2. The van der Waals surface area contributed by atoms with Crippen LogP contribution in [0.2, 0.25) is 0 Å². The smallest absolute Gasteiger partial charge is 0.326 e. The number of carboxylic acid groups (broad SMARTS) is 1. The van der Waals surface area contributed by atoms with E-state index in [1.54, 1.807) is 26.0 Å². The first kappa shape index (κ1) is 32.8. The van der Waals surface area contributed by atoms with Crippen molar-refractivity contribution in [3.63, 3.8) is 0 Å². The third kappa shape index (κ3) is 11.8.